The van der Waals surface area contributed by atoms with Gasteiger partial charge < -0.3 is 10.4 Å². The lowest BCUT2D eigenvalue weighted by Gasteiger charge is -2.30. The van der Waals surface area contributed by atoms with Crippen LogP contribution in [0.5, 0.6) is 0 Å². The molecule has 1 aromatic heterocycles. The Morgan fingerprint density at radius 2 is 1.86 bits per heavy atom. The molecular formula is C15H24F3N3O. The molecule has 0 atom stereocenters. The third-order valence-corrected chi connectivity index (χ3v) is 4.60. The smallest absolute Gasteiger partial charge is 0.391 e. The van der Waals surface area contributed by atoms with Gasteiger partial charge in [-0.05, 0) is 39.5 Å². The van der Waals surface area contributed by atoms with Crippen LogP contribution >= 0.6 is 0 Å². The van der Waals surface area contributed by atoms with E-state index in [1.165, 1.54) is 0 Å². The average Bonchev–Trinajstić information content (AvgIpc) is 2.71. The summed E-state index contributed by atoms with van der Waals surface area (Å²) in [5, 5.41) is 16.7. The lowest BCUT2D eigenvalue weighted by Crippen LogP contribution is -2.36. The maximum atomic E-state index is 12.6. The van der Waals surface area contributed by atoms with Gasteiger partial charge in [-0.3, -0.25) is 4.68 Å². The highest BCUT2D eigenvalue weighted by Crippen LogP contribution is 2.37. The molecule has 0 bridgehead atoms. The van der Waals surface area contributed by atoms with E-state index in [2.05, 4.69) is 10.4 Å². The summed E-state index contributed by atoms with van der Waals surface area (Å²) in [7, 11) is 0. The number of rotatable bonds is 5. The van der Waals surface area contributed by atoms with E-state index in [9.17, 15) is 13.2 Å². The van der Waals surface area contributed by atoms with E-state index in [0.717, 1.165) is 17.0 Å². The number of aryl methyl sites for hydroxylation is 1. The Kier molecular flexibility index (Phi) is 5.50. The van der Waals surface area contributed by atoms with Crippen LogP contribution in [0, 0.1) is 19.8 Å². The first-order valence-electron chi connectivity index (χ1n) is 7.76. The molecule has 7 heteroatoms. The van der Waals surface area contributed by atoms with E-state index >= 15 is 0 Å². The SMILES string of the molecule is Cc1nn(CCO)c(C)c1CNC1CCC(C(F)(F)F)CC1. The second kappa shape index (κ2) is 7.00. The zero-order valence-electron chi connectivity index (χ0n) is 13.1. The Hall–Kier alpha value is -1.08. The predicted octanol–water partition coefficient (Wildman–Crippen LogP) is 2.70. The minimum atomic E-state index is -4.05. The summed E-state index contributed by atoms with van der Waals surface area (Å²) < 4.78 is 39.7. The normalized spacial score (nSPS) is 23.0. The van der Waals surface area contributed by atoms with Crippen LogP contribution in [0.2, 0.25) is 0 Å². The fourth-order valence-electron chi connectivity index (χ4n) is 3.17. The molecule has 0 amide bonds. The molecule has 1 saturated carbocycles. The van der Waals surface area contributed by atoms with Gasteiger partial charge in [0.1, 0.15) is 0 Å². The molecule has 0 saturated heterocycles. The number of nitrogens with zero attached hydrogens (tertiary/aromatic N) is 2. The third kappa shape index (κ3) is 4.01. The van der Waals surface area contributed by atoms with Crippen molar-refractivity contribution in [2.75, 3.05) is 6.61 Å². The van der Waals surface area contributed by atoms with Gasteiger partial charge in [0.15, 0.2) is 0 Å². The van der Waals surface area contributed by atoms with E-state index in [-0.39, 0.29) is 25.5 Å². The lowest BCUT2D eigenvalue weighted by molar-refractivity contribution is -0.182. The minimum Gasteiger partial charge on any atom is -0.394 e. The van der Waals surface area contributed by atoms with Gasteiger partial charge in [0.25, 0.3) is 0 Å². The minimum absolute atomic E-state index is 0.0380. The molecule has 0 unspecified atom stereocenters. The molecular weight excluding hydrogens is 295 g/mol. The quantitative estimate of drug-likeness (QED) is 0.877. The molecule has 1 aromatic rings. The van der Waals surface area contributed by atoms with E-state index < -0.39 is 12.1 Å². The van der Waals surface area contributed by atoms with Crippen LogP contribution in [0.4, 0.5) is 13.2 Å². The number of hydrogen-bond donors (Lipinski definition) is 2. The Labute approximate surface area is 128 Å². The maximum absolute atomic E-state index is 12.6. The van der Waals surface area contributed by atoms with Crippen LogP contribution in [-0.4, -0.2) is 33.7 Å². The van der Waals surface area contributed by atoms with Crippen LogP contribution in [0.1, 0.15) is 42.6 Å². The predicted molar refractivity (Wildman–Crippen MR) is 77.4 cm³/mol. The summed E-state index contributed by atoms with van der Waals surface area (Å²) >= 11 is 0. The highest BCUT2D eigenvalue weighted by atomic mass is 19.4. The number of alkyl halides is 3. The molecule has 1 fully saturated rings. The highest BCUT2D eigenvalue weighted by Gasteiger charge is 2.41. The van der Waals surface area contributed by atoms with Crippen molar-refractivity contribution in [3.05, 3.63) is 17.0 Å². The fraction of sp³-hybridized carbons (Fsp3) is 0.800. The van der Waals surface area contributed by atoms with Crippen molar-refractivity contribution < 1.29 is 18.3 Å². The number of aliphatic hydroxyl groups is 1. The first-order valence-corrected chi connectivity index (χ1v) is 7.76. The zero-order chi connectivity index (χ0) is 16.3. The molecule has 2 rings (SSSR count). The molecule has 4 nitrogen and oxygen atoms in total. The van der Waals surface area contributed by atoms with Crippen molar-refractivity contribution >= 4 is 0 Å². The van der Waals surface area contributed by atoms with Crippen LogP contribution in [-0.2, 0) is 13.1 Å². The van der Waals surface area contributed by atoms with Crippen molar-refractivity contribution in [1.82, 2.24) is 15.1 Å². The van der Waals surface area contributed by atoms with Gasteiger partial charge in [0.2, 0.25) is 0 Å². The fourth-order valence-corrected chi connectivity index (χ4v) is 3.17. The van der Waals surface area contributed by atoms with Crippen molar-refractivity contribution in [1.29, 1.82) is 0 Å². The Morgan fingerprint density at radius 3 is 2.41 bits per heavy atom. The maximum Gasteiger partial charge on any atom is 0.391 e. The van der Waals surface area contributed by atoms with Crippen LogP contribution < -0.4 is 5.32 Å². The molecule has 2 N–H and O–H groups in total. The third-order valence-electron chi connectivity index (χ3n) is 4.60. The topological polar surface area (TPSA) is 50.1 Å². The van der Waals surface area contributed by atoms with Crippen molar-refractivity contribution in [2.24, 2.45) is 5.92 Å². The number of nitrogens with one attached hydrogen (secondary N) is 1. The number of aromatic nitrogens is 2. The standard InChI is InChI=1S/C15H24F3N3O/c1-10-14(11(2)21(20-10)7-8-22)9-19-13-5-3-12(4-6-13)15(16,17)18/h12-13,19,22H,3-9H2,1-2H3. The van der Waals surface area contributed by atoms with Gasteiger partial charge in [0, 0.05) is 23.8 Å². The van der Waals surface area contributed by atoms with Crippen molar-refractivity contribution in [3.8, 4) is 0 Å². The molecule has 0 aliphatic heterocycles. The number of hydrogen-bond acceptors (Lipinski definition) is 3. The summed E-state index contributed by atoms with van der Waals surface area (Å²) in [5.74, 6) is -1.14. The Balaban J connectivity index is 1.87. The molecule has 126 valence electrons. The molecule has 1 aliphatic carbocycles. The van der Waals surface area contributed by atoms with Crippen molar-refractivity contribution in [2.45, 2.75) is 64.8 Å². The average molecular weight is 319 g/mol. The Bertz CT molecular complexity index is 491. The molecule has 1 aliphatic rings. The summed E-state index contributed by atoms with van der Waals surface area (Å²) in [6.45, 7) is 4.98. The van der Waals surface area contributed by atoms with Crippen molar-refractivity contribution in [3.63, 3.8) is 0 Å². The second-order valence-corrected chi connectivity index (χ2v) is 6.07. The van der Waals surface area contributed by atoms with E-state index in [1.54, 1.807) is 4.68 Å². The largest absolute Gasteiger partial charge is 0.394 e. The van der Waals surface area contributed by atoms with E-state index in [0.29, 0.717) is 25.9 Å². The summed E-state index contributed by atoms with van der Waals surface area (Å²) in [6.07, 6.45) is -2.50. The van der Waals surface area contributed by atoms with Gasteiger partial charge >= 0.3 is 6.18 Å². The summed E-state index contributed by atoms with van der Waals surface area (Å²) in [5.41, 5.74) is 2.98. The molecule has 0 spiro atoms. The Morgan fingerprint density at radius 1 is 1.23 bits per heavy atom. The number of aliphatic hydroxyl groups excluding tert-OH is 1. The monoisotopic (exact) mass is 319 g/mol. The van der Waals surface area contributed by atoms with Crippen LogP contribution in [0.25, 0.3) is 0 Å². The van der Waals surface area contributed by atoms with Gasteiger partial charge in [-0.25, -0.2) is 0 Å². The van der Waals surface area contributed by atoms with E-state index in [4.69, 9.17) is 5.11 Å². The zero-order valence-corrected chi connectivity index (χ0v) is 13.1. The van der Waals surface area contributed by atoms with E-state index in [1.807, 2.05) is 13.8 Å². The van der Waals surface area contributed by atoms with Gasteiger partial charge in [-0.15, -0.1) is 0 Å². The summed E-state index contributed by atoms with van der Waals surface area (Å²) in [6, 6.07) is 0.138. The first-order chi connectivity index (χ1) is 10.3. The second-order valence-electron chi connectivity index (χ2n) is 6.07. The first kappa shape index (κ1) is 17.3. The molecule has 22 heavy (non-hydrogen) atoms. The number of halogens is 3. The molecule has 1 heterocycles. The molecule has 0 radical (unpaired) electrons. The van der Waals surface area contributed by atoms with Crippen LogP contribution in [0.15, 0.2) is 0 Å². The lowest BCUT2D eigenvalue weighted by atomic mass is 9.85. The van der Waals surface area contributed by atoms with Gasteiger partial charge in [-0.2, -0.15) is 18.3 Å². The van der Waals surface area contributed by atoms with Gasteiger partial charge in [0.05, 0.1) is 24.8 Å². The van der Waals surface area contributed by atoms with Gasteiger partial charge in [-0.1, -0.05) is 0 Å². The van der Waals surface area contributed by atoms with Crippen LogP contribution in [0.3, 0.4) is 0 Å². The summed E-state index contributed by atoms with van der Waals surface area (Å²) in [4.78, 5) is 0. The molecule has 0 aromatic carbocycles. The highest BCUT2D eigenvalue weighted by molar-refractivity contribution is 5.24.